The molecule has 0 saturated heterocycles. The van der Waals surface area contributed by atoms with Gasteiger partial charge in [-0.15, -0.1) is 0 Å². The molecule has 2 nitrogen and oxygen atoms in total. The highest BCUT2D eigenvalue weighted by atomic mass is 16.5. The normalized spacial score (nSPS) is 12.4. The molecule has 0 saturated carbocycles. The molecule has 0 aliphatic rings. The van der Waals surface area contributed by atoms with Gasteiger partial charge in [-0.25, -0.2) is 0 Å². The fourth-order valence-corrected chi connectivity index (χ4v) is 2.11. The molecule has 18 heavy (non-hydrogen) atoms. The van der Waals surface area contributed by atoms with Gasteiger partial charge in [-0.3, -0.25) is 0 Å². The van der Waals surface area contributed by atoms with Gasteiger partial charge in [-0.2, -0.15) is 0 Å². The first-order valence-corrected chi connectivity index (χ1v) is 7.08. The maximum atomic E-state index is 5.94. The van der Waals surface area contributed by atoms with Gasteiger partial charge in [0, 0.05) is 11.8 Å². The molecule has 1 rings (SSSR count). The number of rotatable bonds is 7. The van der Waals surface area contributed by atoms with E-state index in [0.717, 1.165) is 23.6 Å². The number of unbranched alkanes of at least 4 members (excludes halogenated alkanes) is 1. The predicted octanol–water partition coefficient (Wildman–Crippen LogP) is 4.48. The number of nitrogens with two attached hydrogens (primary N) is 1. The van der Waals surface area contributed by atoms with Crippen LogP contribution < -0.4 is 10.5 Å². The largest absolute Gasteiger partial charge is 0.493 e. The molecule has 1 aromatic rings. The van der Waals surface area contributed by atoms with Crippen LogP contribution in [0.4, 0.5) is 5.69 Å². The van der Waals surface area contributed by atoms with Crippen molar-refractivity contribution in [3.63, 3.8) is 0 Å². The average Bonchev–Trinajstić information content (AvgIpc) is 2.35. The monoisotopic (exact) mass is 249 g/mol. The number of aryl methyl sites for hydroxylation is 2. The molecule has 0 radical (unpaired) electrons. The number of benzene rings is 1. The van der Waals surface area contributed by atoms with Gasteiger partial charge < -0.3 is 10.5 Å². The summed E-state index contributed by atoms with van der Waals surface area (Å²) in [6, 6.07) is 4.05. The van der Waals surface area contributed by atoms with Gasteiger partial charge >= 0.3 is 0 Å². The van der Waals surface area contributed by atoms with E-state index in [0.29, 0.717) is 5.92 Å². The van der Waals surface area contributed by atoms with Crippen LogP contribution in [-0.4, -0.2) is 6.61 Å². The van der Waals surface area contributed by atoms with Crippen molar-refractivity contribution in [2.45, 2.75) is 53.4 Å². The fourth-order valence-electron chi connectivity index (χ4n) is 2.11. The Hall–Kier alpha value is -1.18. The minimum atomic E-state index is 0.659. The van der Waals surface area contributed by atoms with Crippen molar-refractivity contribution in [1.82, 2.24) is 0 Å². The first kappa shape index (κ1) is 14.9. The summed E-state index contributed by atoms with van der Waals surface area (Å²) in [6.07, 6.45) is 4.98. The molecule has 0 bridgehead atoms. The van der Waals surface area contributed by atoms with Crippen molar-refractivity contribution < 1.29 is 4.74 Å². The van der Waals surface area contributed by atoms with E-state index in [1.807, 2.05) is 13.0 Å². The Balaban J connectivity index is 2.59. The molecule has 1 aromatic carbocycles. The van der Waals surface area contributed by atoms with E-state index in [-0.39, 0.29) is 0 Å². The minimum Gasteiger partial charge on any atom is -0.493 e. The third-order valence-electron chi connectivity index (χ3n) is 3.58. The molecule has 0 aliphatic heterocycles. The maximum absolute atomic E-state index is 5.94. The van der Waals surface area contributed by atoms with Crippen LogP contribution in [0.15, 0.2) is 12.1 Å². The summed E-state index contributed by atoms with van der Waals surface area (Å²) >= 11 is 0. The van der Waals surface area contributed by atoms with Crippen LogP contribution in [0, 0.1) is 19.8 Å². The van der Waals surface area contributed by atoms with E-state index in [2.05, 4.69) is 26.8 Å². The van der Waals surface area contributed by atoms with Crippen LogP contribution >= 0.6 is 0 Å². The van der Waals surface area contributed by atoms with E-state index >= 15 is 0 Å². The molecular formula is C16H27NO. The molecule has 0 heterocycles. The molecule has 0 aromatic heterocycles. The highest BCUT2D eigenvalue weighted by Gasteiger charge is 2.09. The summed E-state index contributed by atoms with van der Waals surface area (Å²) in [5, 5.41) is 0. The van der Waals surface area contributed by atoms with Gasteiger partial charge in [0.05, 0.1) is 6.61 Å². The molecule has 0 spiro atoms. The van der Waals surface area contributed by atoms with E-state index in [4.69, 9.17) is 10.5 Å². The Morgan fingerprint density at radius 3 is 2.50 bits per heavy atom. The molecule has 0 amide bonds. The van der Waals surface area contributed by atoms with Crippen LogP contribution in [0.25, 0.3) is 0 Å². The number of hydrogen-bond donors (Lipinski definition) is 1. The zero-order valence-corrected chi connectivity index (χ0v) is 12.3. The van der Waals surface area contributed by atoms with Crippen molar-refractivity contribution >= 4 is 5.69 Å². The highest BCUT2D eigenvalue weighted by molar-refractivity contribution is 5.54. The summed E-state index contributed by atoms with van der Waals surface area (Å²) in [7, 11) is 0. The van der Waals surface area contributed by atoms with Gasteiger partial charge in [0.1, 0.15) is 5.75 Å². The molecular weight excluding hydrogens is 222 g/mol. The van der Waals surface area contributed by atoms with Gasteiger partial charge in [0.25, 0.3) is 0 Å². The van der Waals surface area contributed by atoms with Gasteiger partial charge in [0.15, 0.2) is 0 Å². The molecule has 0 aliphatic carbocycles. The highest BCUT2D eigenvalue weighted by Crippen LogP contribution is 2.25. The SMILES string of the molecule is CCCCC(CC)COc1cc(N)c(C)cc1C. The fraction of sp³-hybridized carbons (Fsp3) is 0.625. The van der Waals surface area contributed by atoms with E-state index in [9.17, 15) is 0 Å². The van der Waals surface area contributed by atoms with Crippen molar-refractivity contribution in [2.75, 3.05) is 12.3 Å². The van der Waals surface area contributed by atoms with E-state index in [1.165, 1.54) is 31.2 Å². The zero-order valence-electron chi connectivity index (χ0n) is 12.3. The smallest absolute Gasteiger partial charge is 0.124 e. The van der Waals surface area contributed by atoms with Crippen molar-refractivity contribution in [3.05, 3.63) is 23.3 Å². The van der Waals surface area contributed by atoms with Gasteiger partial charge in [-0.05, 0) is 37.3 Å². The summed E-state index contributed by atoms with van der Waals surface area (Å²) in [6.45, 7) is 9.38. The van der Waals surface area contributed by atoms with Crippen LogP contribution in [0.1, 0.15) is 50.7 Å². The Morgan fingerprint density at radius 1 is 1.17 bits per heavy atom. The second kappa shape index (κ2) is 7.30. The Labute approximate surface area is 112 Å². The lowest BCUT2D eigenvalue weighted by atomic mass is 10.0. The standard InChI is InChI=1S/C16H27NO/c1-5-7-8-14(6-2)11-18-16-10-15(17)12(3)9-13(16)4/h9-10,14H,5-8,11,17H2,1-4H3. The number of hydrogen-bond acceptors (Lipinski definition) is 2. The van der Waals surface area contributed by atoms with Gasteiger partial charge in [0.2, 0.25) is 0 Å². The Morgan fingerprint density at radius 2 is 1.89 bits per heavy atom. The summed E-state index contributed by atoms with van der Waals surface area (Å²) in [5.74, 6) is 1.60. The molecule has 2 heteroatoms. The third kappa shape index (κ3) is 4.25. The quantitative estimate of drug-likeness (QED) is 0.723. The number of ether oxygens (including phenoxy) is 1. The summed E-state index contributed by atoms with van der Waals surface area (Å²) in [5.41, 5.74) is 9.04. The second-order valence-electron chi connectivity index (χ2n) is 5.20. The number of anilines is 1. The van der Waals surface area contributed by atoms with Crippen LogP contribution in [-0.2, 0) is 0 Å². The molecule has 1 unspecified atom stereocenters. The summed E-state index contributed by atoms with van der Waals surface area (Å²) < 4.78 is 5.94. The van der Waals surface area contributed by atoms with Crippen molar-refractivity contribution in [1.29, 1.82) is 0 Å². The molecule has 102 valence electrons. The lowest BCUT2D eigenvalue weighted by Gasteiger charge is -2.17. The predicted molar refractivity (Wildman–Crippen MR) is 79.1 cm³/mol. The molecule has 0 fully saturated rings. The van der Waals surface area contributed by atoms with E-state index in [1.54, 1.807) is 0 Å². The molecule has 2 N–H and O–H groups in total. The van der Waals surface area contributed by atoms with Gasteiger partial charge in [-0.1, -0.05) is 39.2 Å². The zero-order chi connectivity index (χ0) is 13.5. The van der Waals surface area contributed by atoms with Crippen LogP contribution in [0.5, 0.6) is 5.75 Å². The Bertz CT molecular complexity index is 374. The van der Waals surface area contributed by atoms with Crippen molar-refractivity contribution in [2.24, 2.45) is 5.92 Å². The minimum absolute atomic E-state index is 0.659. The first-order chi connectivity index (χ1) is 8.58. The second-order valence-corrected chi connectivity index (χ2v) is 5.20. The maximum Gasteiger partial charge on any atom is 0.124 e. The average molecular weight is 249 g/mol. The number of nitrogen functional groups attached to an aromatic ring is 1. The van der Waals surface area contributed by atoms with Crippen LogP contribution in [0.3, 0.4) is 0 Å². The van der Waals surface area contributed by atoms with Crippen LogP contribution in [0.2, 0.25) is 0 Å². The molecule has 1 atom stereocenters. The summed E-state index contributed by atoms with van der Waals surface area (Å²) in [4.78, 5) is 0. The first-order valence-electron chi connectivity index (χ1n) is 7.08. The lowest BCUT2D eigenvalue weighted by Crippen LogP contribution is -2.12. The topological polar surface area (TPSA) is 35.2 Å². The van der Waals surface area contributed by atoms with E-state index < -0.39 is 0 Å². The Kier molecular flexibility index (Phi) is 6.03. The lowest BCUT2D eigenvalue weighted by molar-refractivity contribution is 0.232. The third-order valence-corrected chi connectivity index (χ3v) is 3.58. The van der Waals surface area contributed by atoms with Crippen molar-refractivity contribution in [3.8, 4) is 5.75 Å².